The molecule has 0 radical (unpaired) electrons. The molecule has 6 nitrogen and oxygen atoms in total. The van der Waals surface area contributed by atoms with E-state index >= 15 is 0 Å². The molecule has 0 bridgehead atoms. The molecule has 0 spiro atoms. The van der Waals surface area contributed by atoms with Gasteiger partial charge in [-0.05, 0) is 33.8 Å². The van der Waals surface area contributed by atoms with Gasteiger partial charge in [0.2, 0.25) is 0 Å². The van der Waals surface area contributed by atoms with E-state index in [9.17, 15) is 9.59 Å². The fourth-order valence-corrected chi connectivity index (χ4v) is 1.40. The minimum absolute atomic E-state index is 0.328. The van der Waals surface area contributed by atoms with Crippen molar-refractivity contribution in [3.63, 3.8) is 0 Å². The third-order valence-electron chi connectivity index (χ3n) is 2.84. The number of aryl methyl sites for hydroxylation is 2. The van der Waals surface area contributed by atoms with Crippen LogP contribution >= 0.6 is 0 Å². The van der Waals surface area contributed by atoms with Gasteiger partial charge < -0.3 is 10.4 Å². The number of aromatic nitrogens is 2. The van der Waals surface area contributed by atoms with Crippen molar-refractivity contribution in [1.29, 1.82) is 0 Å². The van der Waals surface area contributed by atoms with Gasteiger partial charge in [-0.1, -0.05) is 0 Å². The van der Waals surface area contributed by atoms with Crippen LogP contribution < -0.4 is 5.32 Å². The molecule has 2 unspecified atom stereocenters. The smallest absolute Gasteiger partial charge is 0.308 e. The maximum Gasteiger partial charge on any atom is 0.308 e. The lowest BCUT2D eigenvalue weighted by Crippen LogP contribution is -2.40. The number of rotatable bonds is 4. The van der Waals surface area contributed by atoms with Gasteiger partial charge in [0.25, 0.3) is 5.91 Å². The topological polar surface area (TPSA) is 92.2 Å². The SMILES string of the molecule is Cc1cc(C(=O)NC(C)C(C)C(=O)O)c(C)nn1. The largest absolute Gasteiger partial charge is 0.481 e. The maximum absolute atomic E-state index is 12.0. The van der Waals surface area contributed by atoms with Gasteiger partial charge in [0.1, 0.15) is 0 Å². The molecule has 0 aromatic carbocycles. The first-order chi connectivity index (χ1) is 8.32. The van der Waals surface area contributed by atoms with Crippen LogP contribution in [0, 0.1) is 19.8 Å². The third-order valence-corrected chi connectivity index (χ3v) is 2.84. The number of nitrogens with zero attached hydrogens (tertiary/aromatic N) is 2. The second kappa shape index (κ2) is 5.57. The van der Waals surface area contributed by atoms with Crippen LogP contribution in [0.4, 0.5) is 0 Å². The van der Waals surface area contributed by atoms with E-state index in [1.54, 1.807) is 33.8 Å². The molecule has 2 N–H and O–H groups in total. The highest BCUT2D eigenvalue weighted by Crippen LogP contribution is 2.08. The van der Waals surface area contributed by atoms with E-state index in [1.807, 2.05) is 0 Å². The van der Waals surface area contributed by atoms with Gasteiger partial charge in [-0.15, -0.1) is 0 Å². The normalized spacial score (nSPS) is 13.8. The predicted octanol–water partition coefficient (Wildman–Crippen LogP) is 0.932. The summed E-state index contributed by atoms with van der Waals surface area (Å²) in [7, 11) is 0. The van der Waals surface area contributed by atoms with Crippen molar-refractivity contribution in [3.8, 4) is 0 Å². The second-order valence-electron chi connectivity index (χ2n) is 4.37. The van der Waals surface area contributed by atoms with Crippen LogP contribution in [-0.2, 0) is 4.79 Å². The van der Waals surface area contributed by atoms with E-state index in [1.165, 1.54) is 0 Å². The number of carboxylic acid groups (broad SMARTS) is 1. The Hall–Kier alpha value is -1.98. The van der Waals surface area contributed by atoms with Crippen molar-refractivity contribution in [2.24, 2.45) is 5.92 Å². The van der Waals surface area contributed by atoms with E-state index in [2.05, 4.69) is 15.5 Å². The number of carboxylic acids is 1. The maximum atomic E-state index is 12.0. The molecule has 1 heterocycles. The van der Waals surface area contributed by atoms with Crippen molar-refractivity contribution < 1.29 is 14.7 Å². The predicted molar refractivity (Wildman–Crippen MR) is 65.2 cm³/mol. The Morgan fingerprint density at radius 2 is 1.89 bits per heavy atom. The molecule has 1 rings (SSSR count). The van der Waals surface area contributed by atoms with Crippen molar-refractivity contribution in [2.75, 3.05) is 0 Å². The van der Waals surface area contributed by atoms with E-state index in [-0.39, 0.29) is 5.91 Å². The number of carbonyl (C=O) groups excluding carboxylic acids is 1. The Bertz CT molecular complexity index is 474. The fourth-order valence-electron chi connectivity index (χ4n) is 1.40. The van der Waals surface area contributed by atoms with Crippen molar-refractivity contribution in [3.05, 3.63) is 23.0 Å². The molecule has 1 aromatic heterocycles. The summed E-state index contributed by atoms with van der Waals surface area (Å²) in [5.74, 6) is -1.92. The molecule has 0 aliphatic rings. The first-order valence-electron chi connectivity index (χ1n) is 5.67. The van der Waals surface area contributed by atoms with Crippen LogP contribution in [0.15, 0.2) is 6.07 Å². The molecule has 2 atom stereocenters. The number of hydrogen-bond acceptors (Lipinski definition) is 4. The van der Waals surface area contributed by atoms with Crippen molar-refractivity contribution >= 4 is 11.9 Å². The second-order valence-corrected chi connectivity index (χ2v) is 4.37. The number of amides is 1. The first-order valence-corrected chi connectivity index (χ1v) is 5.67. The van der Waals surface area contributed by atoms with Crippen LogP contribution in [0.3, 0.4) is 0 Å². The summed E-state index contributed by atoms with van der Waals surface area (Å²) in [4.78, 5) is 22.8. The summed E-state index contributed by atoms with van der Waals surface area (Å²) in [6.07, 6.45) is 0. The number of carbonyl (C=O) groups is 2. The molecule has 1 aromatic rings. The summed E-state index contributed by atoms with van der Waals surface area (Å²) in [5.41, 5.74) is 1.59. The quantitative estimate of drug-likeness (QED) is 0.830. The third kappa shape index (κ3) is 3.26. The zero-order valence-electron chi connectivity index (χ0n) is 10.9. The molecular formula is C12H17N3O3. The van der Waals surface area contributed by atoms with Crippen molar-refractivity contribution in [1.82, 2.24) is 15.5 Å². The average Bonchev–Trinajstić information content (AvgIpc) is 2.30. The van der Waals surface area contributed by atoms with E-state index in [0.717, 1.165) is 0 Å². The Morgan fingerprint density at radius 3 is 2.44 bits per heavy atom. The molecule has 98 valence electrons. The van der Waals surface area contributed by atoms with Crippen LogP contribution in [0.2, 0.25) is 0 Å². The van der Waals surface area contributed by atoms with Crippen LogP contribution in [-0.4, -0.2) is 33.2 Å². The number of hydrogen-bond donors (Lipinski definition) is 2. The monoisotopic (exact) mass is 251 g/mol. The molecule has 0 saturated carbocycles. The van der Waals surface area contributed by atoms with Crippen LogP contribution in [0.1, 0.15) is 35.6 Å². The molecule has 18 heavy (non-hydrogen) atoms. The van der Waals surface area contributed by atoms with Crippen molar-refractivity contribution in [2.45, 2.75) is 33.7 Å². The molecule has 1 amide bonds. The van der Waals surface area contributed by atoms with Gasteiger partial charge in [0.15, 0.2) is 0 Å². The summed E-state index contributed by atoms with van der Waals surface area (Å²) in [5, 5.41) is 19.2. The minimum atomic E-state index is -0.941. The van der Waals surface area contributed by atoms with Gasteiger partial charge in [0.05, 0.1) is 22.9 Å². The lowest BCUT2D eigenvalue weighted by atomic mass is 10.0. The highest BCUT2D eigenvalue weighted by Gasteiger charge is 2.22. The van der Waals surface area contributed by atoms with Gasteiger partial charge in [0, 0.05) is 6.04 Å². The Labute approximate surface area is 105 Å². The summed E-state index contributed by atoms with van der Waals surface area (Å²) in [6.45, 7) is 6.64. The molecular weight excluding hydrogens is 234 g/mol. The lowest BCUT2D eigenvalue weighted by Gasteiger charge is -2.18. The van der Waals surface area contributed by atoms with E-state index in [4.69, 9.17) is 5.11 Å². The van der Waals surface area contributed by atoms with Crippen LogP contribution in [0.5, 0.6) is 0 Å². The molecule has 6 heteroatoms. The van der Waals surface area contributed by atoms with E-state index in [0.29, 0.717) is 17.0 Å². The average molecular weight is 251 g/mol. The summed E-state index contributed by atoms with van der Waals surface area (Å²) >= 11 is 0. The first kappa shape index (κ1) is 14.1. The van der Waals surface area contributed by atoms with Gasteiger partial charge in [-0.25, -0.2) is 0 Å². The summed E-state index contributed by atoms with van der Waals surface area (Å²) in [6, 6.07) is 1.18. The lowest BCUT2D eigenvalue weighted by molar-refractivity contribution is -0.141. The number of aliphatic carboxylic acids is 1. The Morgan fingerprint density at radius 1 is 1.28 bits per heavy atom. The standard InChI is InChI=1S/C12H17N3O3/c1-6-5-10(9(4)15-14-6)11(16)13-8(3)7(2)12(17)18/h5,7-8H,1-4H3,(H,13,16)(H,17,18). The highest BCUT2D eigenvalue weighted by molar-refractivity contribution is 5.95. The zero-order chi connectivity index (χ0) is 13.9. The Balaban J connectivity index is 2.82. The van der Waals surface area contributed by atoms with E-state index < -0.39 is 17.9 Å². The minimum Gasteiger partial charge on any atom is -0.481 e. The van der Waals surface area contributed by atoms with Gasteiger partial charge in [-0.2, -0.15) is 10.2 Å². The van der Waals surface area contributed by atoms with Crippen LogP contribution in [0.25, 0.3) is 0 Å². The molecule has 0 aliphatic heterocycles. The fraction of sp³-hybridized carbons (Fsp3) is 0.500. The molecule has 0 saturated heterocycles. The number of nitrogens with one attached hydrogen (secondary N) is 1. The Kier molecular flexibility index (Phi) is 4.36. The highest BCUT2D eigenvalue weighted by atomic mass is 16.4. The summed E-state index contributed by atoms with van der Waals surface area (Å²) < 4.78 is 0. The van der Waals surface area contributed by atoms with Gasteiger partial charge >= 0.3 is 5.97 Å². The zero-order valence-corrected chi connectivity index (χ0v) is 10.9. The molecule has 0 fully saturated rings. The van der Waals surface area contributed by atoms with Gasteiger partial charge in [-0.3, -0.25) is 9.59 Å². The molecule has 0 aliphatic carbocycles.